The molecule has 2 aromatic heterocycles. The van der Waals surface area contributed by atoms with Crippen LogP contribution in [0.15, 0.2) is 52.5 Å². The number of carbonyl (C=O) groups is 1. The van der Waals surface area contributed by atoms with Crippen LogP contribution in [0.5, 0.6) is 0 Å². The molecule has 29 heavy (non-hydrogen) atoms. The molecule has 152 valence electrons. The van der Waals surface area contributed by atoms with E-state index in [1.54, 1.807) is 13.0 Å². The van der Waals surface area contributed by atoms with Gasteiger partial charge < -0.3 is 10.1 Å². The Morgan fingerprint density at radius 3 is 2.72 bits per heavy atom. The van der Waals surface area contributed by atoms with E-state index in [9.17, 15) is 17.6 Å². The minimum atomic E-state index is -4.09. The van der Waals surface area contributed by atoms with Crippen LogP contribution in [0.25, 0.3) is 5.69 Å². The lowest BCUT2D eigenvalue weighted by Crippen LogP contribution is -2.19. The zero-order valence-electron chi connectivity index (χ0n) is 15.4. The molecule has 3 rings (SSSR count). The van der Waals surface area contributed by atoms with Gasteiger partial charge in [-0.15, -0.1) is 0 Å². The number of alkyl carbamates (subject to hydrolysis) is 1. The molecule has 0 saturated heterocycles. The van der Waals surface area contributed by atoms with Crippen molar-refractivity contribution >= 4 is 27.5 Å². The molecule has 0 radical (unpaired) electrons. The Bertz CT molecular complexity index is 1160. The van der Waals surface area contributed by atoms with Gasteiger partial charge in [0.1, 0.15) is 23.1 Å². The van der Waals surface area contributed by atoms with Crippen molar-refractivity contribution in [3.8, 4) is 5.69 Å². The Labute approximate surface area is 171 Å². The minimum Gasteiger partial charge on any atom is -0.443 e. The summed E-state index contributed by atoms with van der Waals surface area (Å²) >= 11 is 6.04. The van der Waals surface area contributed by atoms with Gasteiger partial charge in [0.05, 0.1) is 10.6 Å². The summed E-state index contributed by atoms with van der Waals surface area (Å²) in [4.78, 5) is 15.3. The predicted molar refractivity (Wildman–Crippen MR) is 102 cm³/mol. The van der Waals surface area contributed by atoms with E-state index in [0.29, 0.717) is 5.69 Å². The average Bonchev–Trinajstić information content (AvgIpc) is 3.13. The predicted octanol–water partition coefficient (Wildman–Crippen LogP) is 3.06. The normalized spacial score (nSPS) is 11.3. The van der Waals surface area contributed by atoms with Crippen molar-refractivity contribution in [1.82, 2.24) is 20.1 Å². The third kappa shape index (κ3) is 4.22. The van der Waals surface area contributed by atoms with Crippen LogP contribution in [-0.2, 0) is 21.2 Å². The smallest absolute Gasteiger partial charge is 0.407 e. The Kier molecular flexibility index (Phi) is 5.85. The zero-order chi connectivity index (χ0) is 21.2. The number of amides is 1. The molecule has 0 fully saturated rings. The largest absolute Gasteiger partial charge is 0.443 e. The highest BCUT2D eigenvalue weighted by atomic mass is 35.5. The molecule has 3 aromatic rings. The fraction of sp³-hybridized carbons (Fsp3) is 0.167. The lowest BCUT2D eigenvalue weighted by molar-refractivity contribution is 0.140. The molecule has 1 aromatic carbocycles. The molecular weight excluding hydrogens is 423 g/mol. The van der Waals surface area contributed by atoms with Crippen molar-refractivity contribution in [3.63, 3.8) is 0 Å². The number of hydrogen-bond acceptors (Lipinski definition) is 6. The topological polar surface area (TPSA) is 103 Å². The van der Waals surface area contributed by atoms with Crippen molar-refractivity contribution < 1.29 is 22.3 Å². The lowest BCUT2D eigenvalue weighted by Gasteiger charge is -2.10. The number of hydrogen-bond donors (Lipinski definition) is 1. The van der Waals surface area contributed by atoms with Gasteiger partial charge in [-0.2, -0.15) is 5.10 Å². The summed E-state index contributed by atoms with van der Waals surface area (Å²) in [5, 5.41) is 5.86. The summed E-state index contributed by atoms with van der Waals surface area (Å²) in [6.45, 7) is 1.43. The second-order valence-corrected chi connectivity index (χ2v) is 8.20. The number of benzene rings is 1. The number of ether oxygens (including phenoxy) is 1. The van der Waals surface area contributed by atoms with Crippen LogP contribution in [0.3, 0.4) is 0 Å². The van der Waals surface area contributed by atoms with Gasteiger partial charge in [-0.05, 0) is 31.2 Å². The maximum Gasteiger partial charge on any atom is 0.407 e. The van der Waals surface area contributed by atoms with Gasteiger partial charge in [0, 0.05) is 25.0 Å². The molecule has 0 aliphatic heterocycles. The number of sulfone groups is 1. The van der Waals surface area contributed by atoms with Crippen LogP contribution in [-0.4, -0.2) is 36.3 Å². The summed E-state index contributed by atoms with van der Waals surface area (Å²) in [5.41, 5.74) is 0.800. The molecule has 1 N–H and O–H groups in total. The SMILES string of the molecule is CNC(=O)OCc1cc(S(=O)(=O)c2ccc(C)nc2)n(-c2cccc(F)c2Cl)n1. The fourth-order valence-electron chi connectivity index (χ4n) is 2.45. The van der Waals surface area contributed by atoms with Crippen molar-refractivity contribution in [2.45, 2.75) is 23.5 Å². The molecule has 11 heteroatoms. The van der Waals surface area contributed by atoms with Crippen LogP contribution in [0.2, 0.25) is 5.02 Å². The van der Waals surface area contributed by atoms with Gasteiger partial charge in [-0.25, -0.2) is 22.3 Å². The highest BCUT2D eigenvalue weighted by Crippen LogP contribution is 2.29. The minimum absolute atomic E-state index is 0.0245. The summed E-state index contributed by atoms with van der Waals surface area (Å²) in [6, 6.07) is 8.14. The van der Waals surface area contributed by atoms with Gasteiger partial charge in [0.25, 0.3) is 0 Å². The Morgan fingerprint density at radius 2 is 2.07 bits per heavy atom. The fourth-order valence-corrected chi connectivity index (χ4v) is 3.99. The molecule has 0 spiro atoms. The monoisotopic (exact) mass is 438 g/mol. The van der Waals surface area contributed by atoms with Crippen molar-refractivity contribution in [3.05, 3.63) is 64.8 Å². The van der Waals surface area contributed by atoms with E-state index in [1.165, 1.54) is 37.5 Å². The maximum atomic E-state index is 14.0. The molecule has 0 aliphatic rings. The van der Waals surface area contributed by atoms with Gasteiger partial charge >= 0.3 is 6.09 Å². The van der Waals surface area contributed by atoms with Crippen LogP contribution in [0.1, 0.15) is 11.4 Å². The summed E-state index contributed by atoms with van der Waals surface area (Å²) in [5.74, 6) is -0.733. The van der Waals surface area contributed by atoms with Crippen LogP contribution >= 0.6 is 11.6 Å². The van der Waals surface area contributed by atoms with E-state index < -0.39 is 21.7 Å². The Morgan fingerprint density at radius 1 is 1.31 bits per heavy atom. The molecule has 8 nitrogen and oxygen atoms in total. The molecular formula is C18H16ClFN4O4S. The number of nitrogens with one attached hydrogen (secondary N) is 1. The number of pyridine rings is 1. The quantitative estimate of drug-likeness (QED) is 0.656. The molecule has 1 amide bonds. The van der Waals surface area contributed by atoms with E-state index in [2.05, 4.69) is 15.4 Å². The van der Waals surface area contributed by atoms with Gasteiger partial charge in [-0.3, -0.25) is 4.98 Å². The van der Waals surface area contributed by atoms with Crippen LogP contribution < -0.4 is 5.32 Å². The standard InChI is InChI=1S/C18H16ClFN4O4S/c1-11-6-7-13(9-22-11)29(26,27)16-8-12(10-28-18(25)21-2)23-24(16)15-5-3-4-14(20)17(15)19/h3-9H,10H2,1-2H3,(H,21,25). The third-order valence-corrected chi connectivity index (χ3v) is 5.99. The molecule has 0 atom stereocenters. The van der Waals surface area contributed by atoms with E-state index in [-0.39, 0.29) is 32.9 Å². The number of aryl methyl sites for hydroxylation is 1. The first-order valence-corrected chi connectivity index (χ1v) is 10.2. The summed E-state index contributed by atoms with van der Waals surface area (Å²) < 4.78 is 46.3. The van der Waals surface area contributed by atoms with Crippen molar-refractivity contribution in [2.24, 2.45) is 0 Å². The molecule has 0 aliphatic carbocycles. The Hall–Kier alpha value is -2.98. The number of rotatable bonds is 5. The number of nitrogens with zero attached hydrogens (tertiary/aromatic N) is 3. The van der Waals surface area contributed by atoms with Crippen LogP contribution in [0.4, 0.5) is 9.18 Å². The van der Waals surface area contributed by atoms with E-state index in [1.807, 2.05) is 0 Å². The molecule has 0 unspecified atom stereocenters. The van der Waals surface area contributed by atoms with Gasteiger partial charge in [-0.1, -0.05) is 17.7 Å². The first kappa shape index (κ1) is 20.7. The van der Waals surface area contributed by atoms with Gasteiger partial charge in [0.15, 0.2) is 5.03 Å². The van der Waals surface area contributed by atoms with Crippen molar-refractivity contribution in [2.75, 3.05) is 7.05 Å². The average molecular weight is 439 g/mol. The Balaban J connectivity index is 2.16. The second kappa shape index (κ2) is 8.18. The third-order valence-electron chi connectivity index (χ3n) is 3.91. The highest BCUT2D eigenvalue weighted by Gasteiger charge is 2.27. The number of aromatic nitrogens is 3. The summed E-state index contributed by atoms with van der Waals surface area (Å²) in [7, 11) is -2.70. The second-order valence-electron chi connectivity index (χ2n) is 5.92. The van der Waals surface area contributed by atoms with E-state index in [0.717, 1.165) is 10.7 Å². The van der Waals surface area contributed by atoms with Gasteiger partial charge in [0.2, 0.25) is 9.84 Å². The van der Waals surface area contributed by atoms with E-state index >= 15 is 0 Å². The molecule has 0 saturated carbocycles. The van der Waals surface area contributed by atoms with Crippen molar-refractivity contribution in [1.29, 1.82) is 0 Å². The first-order chi connectivity index (χ1) is 13.7. The number of halogens is 2. The highest BCUT2D eigenvalue weighted by molar-refractivity contribution is 7.91. The molecule has 2 heterocycles. The van der Waals surface area contributed by atoms with Crippen LogP contribution in [0, 0.1) is 12.7 Å². The molecule has 0 bridgehead atoms. The number of carbonyl (C=O) groups excluding carboxylic acids is 1. The first-order valence-electron chi connectivity index (χ1n) is 8.29. The maximum absolute atomic E-state index is 14.0. The summed E-state index contributed by atoms with van der Waals surface area (Å²) in [6.07, 6.45) is 0.506. The zero-order valence-corrected chi connectivity index (χ0v) is 17.0. The van der Waals surface area contributed by atoms with E-state index in [4.69, 9.17) is 16.3 Å². The lowest BCUT2D eigenvalue weighted by atomic mass is 10.3.